The van der Waals surface area contributed by atoms with E-state index in [1.54, 1.807) is 18.2 Å². The van der Waals surface area contributed by atoms with E-state index in [0.717, 1.165) is 0 Å². The molecule has 2 aromatic heterocycles. The first kappa shape index (κ1) is 14.9. The van der Waals surface area contributed by atoms with Crippen molar-refractivity contribution >= 4 is 11.8 Å². The average Bonchev–Trinajstić information content (AvgIpc) is 3.16. The summed E-state index contributed by atoms with van der Waals surface area (Å²) in [6.45, 7) is 0.237. The van der Waals surface area contributed by atoms with Crippen LogP contribution in [0.3, 0.4) is 0 Å². The third-order valence-electron chi connectivity index (χ3n) is 2.75. The van der Waals surface area contributed by atoms with E-state index >= 15 is 0 Å². The Bertz CT molecular complexity index is 562. The Kier molecular flexibility index (Phi) is 5.16. The highest BCUT2D eigenvalue weighted by molar-refractivity contribution is 5.91. The lowest BCUT2D eigenvalue weighted by atomic mass is 10.2. The maximum Gasteiger partial charge on any atom is 0.286 e. The van der Waals surface area contributed by atoms with Crippen LogP contribution in [0.15, 0.2) is 45.6 Å². The van der Waals surface area contributed by atoms with Gasteiger partial charge in [0.15, 0.2) is 5.76 Å². The zero-order chi connectivity index (χ0) is 15.1. The minimum Gasteiger partial charge on any atom is -0.467 e. The van der Waals surface area contributed by atoms with Crippen molar-refractivity contribution < 1.29 is 23.5 Å². The van der Waals surface area contributed by atoms with E-state index in [1.807, 2.05) is 0 Å². The smallest absolute Gasteiger partial charge is 0.286 e. The van der Waals surface area contributed by atoms with Crippen molar-refractivity contribution in [2.45, 2.75) is 12.5 Å². The van der Waals surface area contributed by atoms with Crippen LogP contribution in [-0.2, 0) is 4.79 Å². The Labute approximate surface area is 120 Å². The number of rotatable bonds is 7. The van der Waals surface area contributed by atoms with E-state index in [9.17, 15) is 14.7 Å². The third-order valence-corrected chi connectivity index (χ3v) is 2.75. The minimum absolute atomic E-state index is 0.0540. The van der Waals surface area contributed by atoms with Gasteiger partial charge in [-0.3, -0.25) is 9.59 Å². The molecule has 1 unspecified atom stereocenters. The molecule has 0 aromatic carbocycles. The second-order valence-electron chi connectivity index (χ2n) is 4.32. The zero-order valence-corrected chi connectivity index (χ0v) is 11.2. The van der Waals surface area contributed by atoms with E-state index in [4.69, 9.17) is 8.83 Å². The number of aliphatic hydroxyl groups excluding tert-OH is 1. The Morgan fingerprint density at radius 3 is 2.57 bits per heavy atom. The Morgan fingerprint density at radius 2 is 1.90 bits per heavy atom. The number of aliphatic hydroxyl groups is 1. The fraction of sp³-hybridized carbons (Fsp3) is 0.286. The van der Waals surface area contributed by atoms with Gasteiger partial charge in [-0.05, 0) is 24.3 Å². The van der Waals surface area contributed by atoms with E-state index in [2.05, 4.69) is 10.6 Å². The van der Waals surface area contributed by atoms with Gasteiger partial charge in [-0.15, -0.1) is 0 Å². The van der Waals surface area contributed by atoms with Crippen LogP contribution in [0, 0.1) is 0 Å². The van der Waals surface area contributed by atoms with Crippen LogP contribution in [0.1, 0.15) is 28.8 Å². The summed E-state index contributed by atoms with van der Waals surface area (Å²) in [6.07, 6.45) is 2.07. The predicted molar refractivity (Wildman–Crippen MR) is 72.3 cm³/mol. The fourth-order valence-corrected chi connectivity index (χ4v) is 1.66. The van der Waals surface area contributed by atoms with Gasteiger partial charge in [0.2, 0.25) is 5.91 Å². The van der Waals surface area contributed by atoms with Crippen molar-refractivity contribution in [2.24, 2.45) is 0 Å². The lowest BCUT2D eigenvalue weighted by Gasteiger charge is -2.09. The normalized spacial score (nSPS) is 11.9. The number of hydrogen-bond acceptors (Lipinski definition) is 5. The second-order valence-corrected chi connectivity index (χ2v) is 4.32. The maximum atomic E-state index is 11.6. The largest absolute Gasteiger partial charge is 0.467 e. The molecule has 3 N–H and O–H groups in total. The van der Waals surface area contributed by atoms with Gasteiger partial charge in [0.25, 0.3) is 5.91 Å². The molecule has 0 fully saturated rings. The van der Waals surface area contributed by atoms with Crippen LogP contribution >= 0.6 is 0 Å². The monoisotopic (exact) mass is 292 g/mol. The van der Waals surface area contributed by atoms with Gasteiger partial charge >= 0.3 is 0 Å². The summed E-state index contributed by atoms with van der Waals surface area (Å²) in [5.41, 5.74) is 0. The van der Waals surface area contributed by atoms with Crippen LogP contribution in [0.4, 0.5) is 0 Å². The molecule has 0 aliphatic carbocycles. The topological polar surface area (TPSA) is 105 Å². The van der Waals surface area contributed by atoms with Crippen molar-refractivity contribution in [3.63, 3.8) is 0 Å². The Balaban J connectivity index is 1.63. The van der Waals surface area contributed by atoms with Gasteiger partial charge in [0.05, 0.1) is 19.1 Å². The zero-order valence-electron chi connectivity index (χ0n) is 11.2. The molecular formula is C14H16N2O5. The summed E-state index contributed by atoms with van der Waals surface area (Å²) in [5.74, 6) is -0.0613. The summed E-state index contributed by atoms with van der Waals surface area (Å²) >= 11 is 0. The molecule has 0 aliphatic rings. The molecule has 0 bridgehead atoms. The number of amides is 2. The molecule has 0 spiro atoms. The summed E-state index contributed by atoms with van der Waals surface area (Å²) in [7, 11) is 0. The first-order chi connectivity index (χ1) is 10.2. The third kappa shape index (κ3) is 4.50. The molecular weight excluding hydrogens is 276 g/mol. The molecule has 2 aromatic rings. The number of nitrogens with one attached hydrogen (secondary N) is 2. The molecule has 2 amide bonds. The maximum absolute atomic E-state index is 11.6. The van der Waals surface area contributed by atoms with Crippen LogP contribution < -0.4 is 10.6 Å². The van der Waals surface area contributed by atoms with E-state index in [-0.39, 0.29) is 37.1 Å². The summed E-state index contributed by atoms with van der Waals surface area (Å²) < 4.78 is 9.93. The SMILES string of the molecule is O=C(CCNC(=O)c1ccco1)NCC(O)c1ccco1. The molecule has 112 valence electrons. The quantitative estimate of drug-likeness (QED) is 0.701. The molecule has 1 atom stereocenters. The molecule has 2 rings (SSSR count). The van der Waals surface area contributed by atoms with Gasteiger partial charge in [-0.25, -0.2) is 0 Å². The van der Waals surface area contributed by atoms with Crippen LogP contribution in [-0.4, -0.2) is 30.0 Å². The van der Waals surface area contributed by atoms with Gasteiger partial charge in [-0.1, -0.05) is 0 Å². The molecule has 0 saturated carbocycles. The number of carbonyl (C=O) groups is 2. The average molecular weight is 292 g/mol. The predicted octanol–water partition coefficient (Wildman–Crippen LogP) is 0.842. The summed E-state index contributed by atoms with van der Waals surface area (Å²) in [4.78, 5) is 23.1. The van der Waals surface area contributed by atoms with Gasteiger partial charge in [0, 0.05) is 13.0 Å². The molecule has 21 heavy (non-hydrogen) atoms. The van der Waals surface area contributed by atoms with Crippen molar-refractivity contribution in [3.05, 3.63) is 48.3 Å². The van der Waals surface area contributed by atoms with E-state index < -0.39 is 6.10 Å². The number of furan rings is 2. The molecule has 7 nitrogen and oxygen atoms in total. The van der Waals surface area contributed by atoms with Crippen molar-refractivity contribution in [2.75, 3.05) is 13.1 Å². The van der Waals surface area contributed by atoms with Crippen LogP contribution in [0.5, 0.6) is 0 Å². The summed E-state index contributed by atoms with van der Waals surface area (Å²) in [5, 5.41) is 14.8. The van der Waals surface area contributed by atoms with Gasteiger partial charge in [-0.2, -0.15) is 0 Å². The molecule has 0 aliphatic heterocycles. The highest BCUT2D eigenvalue weighted by Crippen LogP contribution is 2.11. The number of hydrogen-bond donors (Lipinski definition) is 3. The Hall–Kier alpha value is -2.54. The second kappa shape index (κ2) is 7.30. The molecule has 0 radical (unpaired) electrons. The first-order valence-corrected chi connectivity index (χ1v) is 6.46. The van der Waals surface area contributed by atoms with Gasteiger partial charge in [0.1, 0.15) is 11.9 Å². The van der Waals surface area contributed by atoms with Crippen LogP contribution in [0.25, 0.3) is 0 Å². The minimum atomic E-state index is -0.887. The van der Waals surface area contributed by atoms with E-state index in [0.29, 0.717) is 5.76 Å². The molecule has 2 heterocycles. The van der Waals surface area contributed by atoms with Gasteiger partial charge < -0.3 is 24.6 Å². The van der Waals surface area contributed by atoms with Crippen molar-refractivity contribution in [1.82, 2.24) is 10.6 Å². The molecule has 7 heteroatoms. The highest BCUT2D eigenvalue weighted by Gasteiger charge is 2.12. The Morgan fingerprint density at radius 1 is 1.14 bits per heavy atom. The fourth-order valence-electron chi connectivity index (χ4n) is 1.66. The highest BCUT2D eigenvalue weighted by atomic mass is 16.4. The van der Waals surface area contributed by atoms with Crippen molar-refractivity contribution in [3.8, 4) is 0 Å². The lowest BCUT2D eigenvalue weighted by Crippen LogP contribution is -2.32. The van der Waals surface area contributed by atoms with Crippen molar-refractivity contribution in [1.29, 1.82) is 0 Å². The standard InChI is InChI=1S/C14H16N2O5/c17-10(11-3-1-7-20-11)9-16-13(18)5-6-15-14(19)12-4-2-8-21-12/h1-4,7-8,10,17H,5-6,9H2,(H,15,19)(H,16,18). The number of carbonyl (C=O) groups excluding carboxylic acids is 2. The first-order valence-electron chi connectivity index (χ1n) is 6.46. The van der Waals surface area contributed by atoms with Crippen LogP contribution in [0.2, 0.25) is 0 Å². The summed E-state index contributed by atoms with van der Waals surface area (Å²) in [6, 6.07) is 6.43. The molecule has 0 saturated heterocycles. The lowest BCUT2D eigenvalue weighted by molar-refractivity contribution is -0.121. The van der Waals surface area contributed by atoms with E-state index in [1.165, 1.54) is 18.6 Å².